The Labute approximate surface area is 124 Å². The zero-order valence-corrected chi connectivity index (χ0v) is 11.6. The number of allylic oxidation sites excluding steroid dienone is 1. The van der Waals surface area contributed by atoms with Crippen molar-refractivity contribution in [3.05, 3.63) is 71.8 Å². The minimum atomic E-state index is -4.32. The van der Waals surface area contributed by atoms with Gasteiger partial charge < -0.3 is 0 Å². The van der Waals surface area contributed by atoms with E-state index in [0.29, 0.717) is 5.56 Å². The van der Waals surface area contributed by atoms with Crippen molar-refractivity contribution in [1.82, 2.24) is 0 Å². The summed E-state index contributed by atoms with van der Waals surface area (Å²) in [7, 11) is 0. The van der Waals surface area contributed by atoms with Crippen LogP contribution >= 0.6 is 11.8 Å². The molecule has 1 nitrogen and oxygen atoms in total. The van der Waals surface area contributed by atoms with Crippen LogP contribution in [0.4, 0.5) is 13.2 Å². The van der Waals surface area contributed by atoms with E-state index in [0.717, 1.165) is 5.56 Å². The minimum Gasteiger partial charge on any atom is -0.289 e. The van der Waals surface area contributed by atoms with E-state index in [1.807, 2.05) is 30.3 Å². The summed E-state index contributed by atoms with van der Waals surface area (Å²) in [5.74, 6) is -0.248. The van der Waals surface area contributed by atoms with E-state index in [-0.39, 0.29) is 22.4 Å². The van der Waals surface area contributed by atoms with Crippen molar-refractivity contribution in [3.63, 3.8) is 0 Å². The van der Waals surface area contributed by atoms with Crippen LogP contribution in [0.15, 0.2) is 65.6 Å². The largest absolute Gasteiger partial charge is 0.446 e. The molecule has 0 amide bonds. The molecule has 2 aromatic carbocycles. The molecular weight excluding hydrogens is 297 g/mol. The molecule has 0 bridgehead atoms. The van der Waals surface area contributed by atoms with Crippen molar-refractivity contribution in [2.24, 2.45) is 0 Å². The van der Waals surface area contributed by atoms with E-state index in [2.05, 4.69) is 0 Å². The van der Waals surface area contributed by atoms with Crippen LogP contribution in [-0.2, 0) is 0 Å². The number of hydrogen-bond donors (Lipinski definition) is 0. The summed E-state index contributed by atoms with van der Waals surface area (Å²) in [5, 5.41) is 0. The summed E-state index contributed by atoms with van der Waals surface area (Å²) in [5.41, 5.74) is -3.08. The number of thioether (sulfide) groups is 1. The van der Waals surface area contributed by atoms with Crippen LogP contribution < -0.4 is 0 Å². The number of ketones is 1. The molecule has 21 heavy (non-hydrogen) atoms. The normalized spacial score (nSPS) is 11.8. The van der Waals surface area contributed by atoms with Crippen LogP contribution in [0.1, 0.15) is 15.9 Å². The zero-order chi connectivity index (χ0) is 15.3. The van der Waals surface area contributed by atoms with E-state index in [9.17, 15) is 18.0 Å². The topological polar surface area (TPSA) is 17.1 Å². The van der Waals surface area contributed by atoms with Crippen molar-refractivity contribution in [2.75, 3.05) is 0 Å². The van der Waals surface area contributed by atoms with E-state index in [4.69, 9.17) is 0 Å². The van der Waals surface area contributed by atoms with Crippen molar-refractivity contribution >= 4 is 23.6 Å². The predicted molar refractivity (Wildman–Crippen MR) is 78.2 cm³/mol. The SMILES string of the molecule is O=C(C=Cc1ccccc1)c1ccc(SC(F)(F)F)cc1. The highest BCUT2D eigenvalue weighted by atomic mass is 32.2. The van der Waals surface area contributed by atoms with Crippen LogP contribution in [0.5, 0.6) is 0 Å². The van der Waals surface area contributed by atoms with Crippen molar-refractivity contribution in [3.8, 4) is 0 Å². The first kappa shape index (κ1) is 15.4. The van der Waals surface area contributed by atoms with Gasteiger partial charge in [-0.3, -0.25) is 4.79 Å². The molecule has 0 aliphatic rings. The van der Waals surface area contributed by atoms with Gasteiger partial charge in [0.25, 0.3) is 0 Å². The fraction of sp³-hybridized carbons (Fsp3) is 0.0625. The first-order valence-electron chi connectivity index (χ1n) is 6.07. The summed E-state index contributed by atoms with van der Waals surface area (Å²) in [6, 6.07) is 14.7. The molecule has 108 valence electrons. The number of halogens is 3. The van der Waals surface area contributed by atoms with Crippen LogP contribution in [0.2, 0.25) is 0 Å². The zero-order valence-electron chi connectivity index (χ0n) is 10.8. The van der Waals surface area contributed by atoms with Crippen molar-refractivity contribution in [2.45, 2.75) is 10.4 Å². The second-order valence-electron chi connectivity index (χ2n) is 4.18. The summed E-state index contributed by atoms with van der Waals surface area (Å²) in [6.45, 7) is 0. The second-order valence-corrected chi connectivity index (χ2v) is 5.32. The van der Waals surface area contributed by atoms with Gasteiger partial charge in [-0.2, -0.15) is 13.2 Å². The lowest BCUT2D eigenvalue weighted by Crippen LogP contribution is -1.99. The number of carbonyl (C=O) groups is 1. The Morgan fingerprint density at radius 1 is 0.952 bits per heavy atom. The molecule has 0 fully saturated rings. The molecule has 2 aromatic rings. The maximum atomic E-state index is 12.2. The van der Waals surface area contributed by atoms with Crippen molar-refractivity contribution in [1.29, 1.82) is 0 Å². The van der Waals surface area contributed by atoms with E-state index in [1.165, 1.54) is 30.3 Å². The van der Waals surface area contributed by atoms with Gasteiger partial charge in [-0.05, 0) is 47.7 Å². The Balaban J connectivity index is 2.05. The maximum absolute atomic E-state index is 12.2. The molecule has 0 radical (unpaired) electrons. The smallest absolute Gasteiger partial charge is 0.289 e. The third-order valence-electron chi connectivity index (χ3n) is 2.60. The van der Waals surface area contributed by atoms with E-state index in [1.54, 1.807) is 6.08 Å². The van der Waals surface area contributed by atoms with Gasteiger partial charge in [0.2, 0.25) is 0 Å². The fourth-order valence-electron chi connectivity index (χ4n) is 1.65. The Morgan fingerprint density at radius 2 is 1.57 bits per heavy atom. The highest BCUT2D eigenvalue weighted by Gasteiger charge is 2.29. The van der Waals surface area contributed by atoms with Crippen LogP contribution in [0.3, 0.4) is 0 Å². The average molecular weight is 308 g/mol. The molecule has 0 heterocycles. The molecular formula is C16H11F3OS. The summed E-state index contributed by atoms with van der Waals surface area (Å²) in [4.78, 5) is 12.0. The number of benzene rings is 2. The molecule has 0 N–H and O–H groups in total. The highest BCUT2D eigenvalue weighted by molar-refractivity contribution is 8.00. The Morgan fingerprint density at radius 3 is 2.14 bits per heavy atom. The summed E-state index contributed by atoms with van der Waals surface area (Å²) < 4.78 is 36.6. The van der Waals surface area contributed by atoms with E-state index < -0.39 is 5.51 Å². The standard InChI is InChI=1S/C16H11F3OS/c17-16(18,19)21-14-9-7-13(8-10-14)15(20)11-6-12-4-2-1-3-5-12/h1-11H. The molecule has 0 aliphatic heterocycles. The average Bonchev–Trinajstić information content (AvgIpc) is 2.45. The molecule has 5 heteroatoms. The maximum Gasteiger partial charge on any atom is 0.446 e. The number of alkyl halides is 3. The molecule has 0 atom stereocenters. The Hall–Kier alpha value is -2.01. The van der Waals surface area contributed by atoms with Gasteiger partial charge in [-0.25, -0.2) is 0 Å². The first-order valence-corrected chi connectivity index (χ1v) is 6.89. The monoisotopic (exact) mass is 308 g/mol. The van der Waals surface area contributed by atoms with Gasteiger partial charge in [0.05, 0.1) is 0 Å². The van der Waals surface area contributed by atoms with E-state index >= 15 is 0 Å². The van der Waals surface area contributed by atoms with Gasteiger partial charge in [0, 0.05) is 10.5 Å². The fourth-order valence-corrected chi connectivity index (χ4v) is 2.19. The second kappa shape index (κ2) is 6.63. The lowest BCUT2D eigenvalue weighted by atomic mass is 10.1. The third-order valence-corrected chi connectivity index (χ3v) is 3.34. The minimum absolute atomic E-state index is 0.0612. The van der Waals surface area contributed by atoms with Crippen LogP contribution in [0.25, 0.3) is 6.08 Å². The number of carbonyl (C=O) groups excluding carboxylic acids is 1. The molecule has 0 aliphatic carbocycles. The molecule has 0 saturated heterocycles. The highest BCUT2D eigenvalue weighted by Crippen LogP contribution is 2.36. The first-order chi connectivity index (χ1) is 9.94. The quantitative estimate of drug-likeness (QED) is 0.439. The molecule has 0 aromatic heterocycles. The third kappa shape index (κ3) is 5.11. The Bertz CT molecular complexity index is 631. The van der Waals surface area contributed by atoms with Gasteiger partial charge in [0.1, 0.15) is 0 Å². The van der Waals surface area contributed by atoms with Crippen LogP contribution in [-0.4, -0.2) is 11.3 Å². The van der Waals surface area contributed by atoms with Crippen molar-refractivity contribution < 1.29 is 18.0 Å². The lowest BCUT2D eigenvalue weighted by molar-refractivity contribution is -0.0328. The van der Waals surface area contributed by atoms with Gasteiger partial charge in [-0.15, -0.1) is 0 Å². The molecule has 0 saturated carbocycles. The van der Waals surface area contributed by atoms with Gasteiger partial charge >= 0.3 is 5.51 Å². The van der Waals surface area contributed by atoms with Crippen LogP contribution in [0, 0.1) is 0 Å². The lowest BCUT2D eigenvalue weighted by Gasteiger charge is -2.05. The summed E-state index contributed by atoms with van der Waals surface area (Å²) in [6.07, 6.45) is 3.07. The molecule has 0 unspecified atom stereocenters. The van der Waals surface area contributed by atoms with Gasteiger partial charge in [-0.1, -0.05) is 36.4 Å². The number of rotatable bonds is 4. The summed E-state index contributed by atoms with van der Waals surface area (Å²) >= 11 is -0.198. The molecule has 2 rings (SSSR count). The van der Waals surface area contributed by atoms with Gasteiger partial charge in [0.15, 0.2) is 5.78 Å². The predicted octanol–water partition coefficient (Wildman–Crippen LogP) is 5.19. The Kier molecular flexibility index (Phi) is 4.85. The molecule has 0 spiro atoms. The number of hydrogen-bond acceptors (Lipinski definition) is 2.